The van der Waals surface area contributed by atoms with Gasteiger partial charge in [0.05, 0.1) is 5.69 Å². The number of benzene rings is 2. The second kappa shape index (κ2) is 9.61. The van der Waals surface area contributed by atoms with Gasteiger partial charge < -0.3 is 9.84 Å². The maximum atomic E-state index is 13.6. The molecule has 7 heteroatoms. The third-order valence-electron chi connectivity index (χ3n) is 5.39. The van der Waals surface area contributed by atoms with Gasteiger partial charge in [-0.1, -0.05) is 28.1 Å². The Morgan fingerprint density at radius 3 is 2.53 bits per heavy atom. The molecule has 0 spiro atoms. The number of carbonyl (C=O) groups is 1. The van der Waals surface area contributed by atoms with Crippen LogP contribution in [-0.4, -0.2) is 16.1 Å². The van der Waals surface area contributed by atoms with Gasteiger partial charge in [0.1, 0.15) is 18.1 Å². The van der Waals surface area contributed by atoms with Crippen molar-refractivity contribution in [3.63, 3.8) is 0 Å². The number of ether oxygens (including phenoxy) is 1. The van der Waals surface area contributed by atoms with Crippen molar-refractivity contribution in [3.8, 4) is 5.75 Å². The van der Waals surface area contributed by atoms with E-state index in [-0.39, 0.29) is 12.3 Å². The molecule has 0 atom stereocenters. The summed E-state index contributed by atoms with van der Waals surface area (Å²) in [5.74, 6) is -2.26. The molecule has 1 aromatic heterocycles. The first-order valence-corrected chi connectivity index (χ1v) is 11.0. The van der Waals surface area contributed by atoms with E-state index in [0.29, 0.717) is 17.0 Å². The van der Waals surface area contributed by atoms with E-state index >= 15 is 0 Å². The molecule has 1 N–H and O–H groups in total. The molecule has 0 saturated carbocycles. The minimum atomic E-state index is -1.07. The van der Waals surface area contributed by atoms with E-state index in [1.54, 1.807) is 6.07 Å². The zero-order valence-electron chi connectivity index (χ0n) is 17.1. The first-order valence-electron chi connectivity index (χ1n) is 10.2. The number of hydrogen-bond acceptors (Lipinski definition) is 3. The summed E-state index contributed by atoms with van der Waals surface area (Å²) in [7, 11) is 0. The van der Waals surface area contributed by atoms with Crippen molar-refractivity contribution >= 4 is 33.0 Å². The molecule has 32 heavy (non-hydrogen) atoms. The van der Waals surface area contributed by atoms with Crippen LogP contribution in [0.15, 0.2) is 59.1 Å². The van der Waals surface area contributed by atoms with Crippen LogP contribution in [0.25, 0.3) is 11.1 Å². The number of aromatic carboxylic acids is 1. The molecule has 4 nitrogen and oxygen atoms in total. The number of halogens is 3. The molecule has 0 radical (unpaired) electrons. The molecule has 1 aliphatic carbocycles. The first kappa shape index (κ1) is 22.1. The number of allylic oxidation sites excluding steroid dienone is 2. The van der Waals surface area contributed by atoms with Crippen LogP contribution in [0.3, 0.4) is 0 Å². The smallest absolute Gasteiger partial charge is 0.354 e. The minimum absolute atomic E-state index is 0.00368. The van der Waals surface area contributed by atoms with Crippen molar-refractivity contribution in [1.29, 1.82) is 0 Å². The Hall–Kier alpha value is -3.06. The summed E-state index contributed by atoms with van der Waals surface area (Å²) >= 11 is 3.52. The average Bonchev–Trinajstić information content (AvgIpc) is 2.80. The number of carboxylic acids is 1. The topological polar surface area (TPSA) is 59.4 Å². The molecule has 164 valence electrons. The zero-order chi connectivity index (χ0) is 22.7. The van der Waals surface area contributed by atoms with Gasteiger partial charge in [0.15, 0.2) is 11.6 Å². The Morgan fingerprint density at radius 2 is 1.78 bits per heavy atom. The van der Waals surface area contributed by atoms with Crippen LogP contribution < -0.4 is 4.74 Å². The maximum Gasteiger partial charge on any atom is 0.354 e. The second-order valence-corrected chi connectivity index (χ2v) is 8.47. The fraction of sp³-hybridized carbons (Fsp3) is 0.200. The number of nitrogens with zero attached hydrogens (tertiary/aromatic N) is 1. The molecule has 4 rings (SSSR count). The van der Waals surface area contributed by atoms with Crippen molar-refractivity contribution in [1.82, 2.24) is 4.98 Å². The summed E-state index contributed by atoms with van der Waals surface area (Å²) in [6.07, 6.45) is 3.55. The maximum absolute atomic E-state index is 13.6. The van der Waals surface area contributed by atoms with Gasteiger partial charge in [0, 0.05) is 10.0 Å². The standard InChI is InChI=1S/C25H20BrF2NO3/c26-16-9-11-24(32-14-15-8-10-20(27)21(28)12-15)19(13-16)17-4-1-2-5-18(17)22-6-3-7-23(29-22)25(30)31/h3,6-13H,1-2,4-5,14H2,(H,30,31). The van der Waals surface area contributed by atoms with Gasteiger partial charge in [-0.2, -0.15) is 0 Å². The lowest BCUT2D eigenvalue weighted by atomic mass is 9.85. The lowest BCUT2D eigenvalue weighted by molar-refractivity contribution is 0.0690. The molecule has 0 unspecified atom stereocenters. The Balaban J connectivity index is 1.73. The highest BCUT2D eigenvalue weighted by molar-refractivity contribution is 9.10. The van der Waals surface area contributed by atoms with Crippen molar-refractivity contribution in [2.75, 3.05) is 0 Å². The summed E-state index contributed by atoms with van der Waals surface area (Å²) in [6, 6.07) is 14.4. The van der Waals surface area contributed by atoms with E-state index in [1.165, 1.54) is 12.1 Å². The van der Waals surface area contributed by atoms with E-state index in [4.69, 9.17) is 4.74 Å². The molecule has 2 aromatic carbocycles. The Morgan fingerprint density at radius 1 is 1.00 bits per heavy atom. The Kier molecular flexibility index (Phi) is 6.65. The van der Waals surface area contributed by atoms with Crippen LogP contribution in [0.5, 0.6) is 5.75 Å². The third-order valence-corrected chi connectivity index (χ3v) is 5.88. The average molecular weight is 500 g/mol. The van der Waals surface area contributed by atoms with E-state index in [9.17, 15) is 18.7 Å². The second-order valence-electron chi connectivity index (χ2n) is 7.56. The quantitative estimate of drug-likeness (QED) is 0.401. The summed E-state index contributed by atoms with van der Waals surface area (Å²) < 4.78 is 33.7. The van der Waals surface area contributed by atoms with Gasteiger partial charge in [-0.25, -0.2) is 18.6 Å². The summed E-state index contributed by atoms with van der Waals surface area (Å²) in [5.41, 5.74) is 4.09. The zero-order valence-corrected chi connectivity index (χ0v) is 18.7. The summed E-state index contributed by atoms with van der Waals surface area (Å²) in [5, 5.41) is 9.33. The van der Waals surface area contributed by atoms with E-state index in [1.807, 2.05) is 24.3 Å². The lowest BCUT2D eigenvalue weighted by Crippen LogP contribution is -2.07. The molecule has 1 aliphatic rings. The van der Waals surface area contributed by atoms with Crippen LogP contribution >= 0.6 is 15.9 Å². The van der Waals surface area contributed by atoms with Gasteiger partial charge in [-0.05, 0) is 84.9 Å². The highest BCUT2D eigenvalue weighted by Gasteiger charge is 2.21. The molecule has 0 amide bonds. The Bertz CT molecular complexity index is 1210. The van der Waals surface area contributed by atoms with Gasteiger partial charge in [0.25, 0.3) is 0 Å². The predicted molar refractivity (Wildman–Crippen MR) is 121 cm³/mol. The van der Waals surface area contributed by atoms with Crippen LogP contribution in [0.1, 0.15) is 53.0 Å². The van der Waals surface area contributed by atoms with Gasteiger partial charge >= 0.3 is 5.97 Å². The molecule has 0 aliphatic heterocycles. The molecule has 1 heterocycles. The van der Waals surface area contributed by atoms with Crippen molar-refractivity contribution in [3.05, 3.63) is 93.2 Å². The SMILES string of the molecule is O=C(O)c1cccc(C2=C(c3cc(Br)ccc3OCc3ccc(F)c(F)c3)CCCC2)n1. The van der Waals surface area contributed by atoms with Gasteiger partial charge in [-0.3, -0.25) is 0 Å². The summed E-state index contributed by atoms with van der Waals surface area (Å²) in [4.78, 5) is 15.7. The molecule has 3 aromatic rings. The fourth-order valence-electron chi connectivity index (χ4n) is 3.86. The number of rotatable bonds is 6. The minimum Gasteiger partial charge on any atom is -0.488 e. The van der Waals surface area contributed by atoms with Crippen LogP contribution in [0.2, 0.25) is 0 Å². The van der Waals surface area contributed by atoms with Crippen molar-refractivity contribution < 1.29 is 23.4 Å². The predicted octanol–water partition coefficient (Wildman–Crippen LogP) is 6.88. The van der Waals surface area contributed by atoms with Crippen LogP contribution in [0, 0.1) is 11.6 Å². The molecule has 0 saturated heterocycles. The van der Waals surface area contributed by atoms with Crippen LogP contribution in [-0.2, 0) is 6.61 Å². The highest BCUT2D eigenvalue weighted by atomic mass is 79.9. The van der Waals surface area contributed by atoms with Crippen LogP contribution in [0.4, 0.5) is 8.78 Å². The van der Waals surface area contributed by atoms with Gasteiger partial charge in [0.2, 0.25) is 0 Å². The third kappa shape index (κ3) is 4.88. The highest BCUT2D eigenvalue weighted by Crippen LogP contribution is 2.42. The molecular formula is C25H20BrF2NO3. The number of pyridine rings is 1. The summed E-state index contributed by atoms with van der Waals surface area (Å²) in [6.45, 7) is 0.0845. The number of carboxylic acid groups (broad SMARTS) is 1. The normalized spacial score (nSPS) is 13.8. The van der Waals surface area contributed by atoms with Crippen molar-refractivity contribution in [2.24, 2.45) is 0 Å². The lowest BCUT2D eigenvalue weighted by Gasteiger charge is -2.23. The molecular weight excluding hydrogens is 480 g/mol. The molecule has 0 fully saturated rings. The monoisotopic (exact) mass is 499 g/mol. The Labute approximate surface area is 192 Å². The number of aromatic nitrogens is 1. The van der Waals surface area contributed by atoms with Gasteiger partial charge in [-0.15, -0.1) is 0 Å². The van der Waals surface area contributed by atoms with E-state index < -0.39 is 17.6 Å². The van der Waals surface area contributed by atoms with Crippen molar-refractivity contribution in [2.45, 2.75) is 32.3 Å². The fourth-order valence-corrected chi connectivity index (χ4v) is 4.22. The molecule has 0 bridgehead atoms. The first-order chi connectivity index (χ1) is 15.4. The van der Waals surface area contributed by atoms with E-state index in [2.05, 4.69) is 20.9 Å². The van der Waals surface area contributed by atoms with E-state index in [0.717, 1.165) is 59.0 Å². The number of hydrogen-bond donors (Lipinski definition) is 1. The largest absolute Gasteiger partial charge is 0.488 e.